The summed E-state index contributed by atoms with van der Waals surface area (Å²) in [5, 5.41) is 0.256. The number of nitrogens with zero attached hydrogens (tertiary/aromatic N) is 2. The van der Waals surface area contributed by atoms with Crippen LogP contribution in [0, 0.1) is 0 Å². The van der Waals surface area contributed by atoms with E-state index in [1.54, 1.807) is 0 Å². The number of nitrogens with one attached hydrogen (secondary N) is 1. The van der Waals surface area contributed by atoms with Crippen LogP contribution < -0.4 is 9.46 Å². The second-order valence-electron chi connectivity index (χ2n) is 5.67. The summed E-state index contributed by atoms with van der Waals surface area (Å²) in [6.45, 7) is 0.247. The molecule has 8 heteroatoms. The van der Waals surface area contributed by atoms with Crippen molar-refractivity contribution in [2.75, 3.05) is 27.7 Å². The number of halogens is 1. The van der Waals surface area contributed by atoms with Gasteiger partial charge in [0, 0.05) is 25.5 Å². The van der Waals surface area contributed by atoms with E-state index in [4.69, 9.17) is 16.3 Å². The molecule has 1 heterocycles. The lowest BCUT2D eigenvalue weighted by Gasteiger charge is -2.25. The second-order valence-corrected chi connectivity index (χ2v) is 7.85. The highest BCUT2D eigenvalue weighted by molar-refractivity contribution is 7.89. The highest BCUT2D eigenvalue weighted by Gasteiger charge is 2.22. The summed E-state index contributed by atoms with van der Waals surface area (Å²) < 4.78 is 34.7. The molecule has 0 aliphatic rings. The summed E-state index contributed by atoms with van der Waals surface area (Å²) in [6, 6.07) is 8.22. The number of rotatable bonds is 7. The molecule has 6 nitrogen and oxygen atoms in total. The Bertz CT molecular complexity index is 803. The normalized spacial score (nSPS) is 13.2. The summed E-state index contributed by atoms with van der Waals surface area (Å²) in [5.74, 6) is 0.436. The summed E-state index contributed by atoms with van der Waals surface area (Å²) in [7, 11) is 3.58. The standard InChI is InChI=1S/C16H22ClN3O3S/c1-19(2)15(14-6-5-9-20(14)3)11-18-24(21,22)12-7-8-16(23-4)13(17)10-12/h5-10,15,18H,11H2,1-4H3. The monoisotopic (exact) mass is 371 g/mol. The van der Waals surface area contributed by atoms with E-state index < -0.39 is 10.0 Å². The first-order valence-electron chi connectivity index (χ1n) is 7.37. The highest BCUT2D eigenvalue weighted by Crippen LogP contribution is 2.27. The highest BCUT2D eigenvalue weighted by atomic mass is 35.5. The fraction of sp³-hybridized carbons (Fsp3) is 0.375. The van der Waals surface area contributed by atoms with Gasteiger partial charge in [0.05, 0.1) is 23.1 Å². The van der Waals surface area contributed by atoms with Gasteiger partial charge in [-0.15, -0.1) is 0 Å². The smallest absolute Gasteiger partial charge is 0.240 e. The van der Waals surface area contributed by atoms with Crippen molar-refractivity contribution in [1.29, 1.82) is 0 Å². The number of hydrogen-bond donors (Lipinski definition) is 1. The first-order chi connectivity index (χ1) is 11.3. The van der Waals surface area contributed by atoms with E-state index in [1.165, 1.54) is 25.3 Å². The Kier molecular flexibility index (Phi) is 5.92. The van der Waals surface area contributed by atoms with Crippen LogP contribution in [0.4, 0.5) is 0 Å². The van der Waals surface area contributed by atoms with Crippen LogP contribution in [0.1, 0.15) is 11.7 Å². The first-order valence-corrected chi connectivity index (χ1v) is 9.23. The van der Waals surface area contributed by atoms with Gasteiger partial charge < -0.3 is 9.30 Å². The molecule has 2 rings (SSSR count). The largest absolute Gasteiger partial charge is 0.495 e. The van der Waals surface area contributed by atoms with E-state index >= 15 is 0 Å². The van der Waals surface area contributed by atoms with Gasteiger partial charge in [0.2, 0.25) is 10.0 Å². The SMILES string of the molecule is COc1ccc(S(=O)(=O)NCC(c2cccn2C)N(C)C)cc1Cl. The average molecular weight is 372 g/mol. The van der Waals surface area contributed by atoms with Crippen molar-refractivity contribution in [2.24, 2.45) is 7.05 Å². The molecular formula is C16H22ClN3O3S. The average Bonchev–Trinajstić information content (AvgIpc) is 2.93. The quantitative estimate of drug-likeness (QED) is 0.811. The lowest BCUT2D eigenvalue weighted by atomic mass is 10.2. The Morgan fingerprint density at radius 3 is 2.54 bits per heavy atom. The predicted molar refractivity (Wildman–Crippen MR) is 95.0 cm³/mol. The molecule has 0 aliphatic heterocycles. The maximum atomic E-state index is 12.5. The third kappa shape index (κ3) is 4.10. The minimum absolute atomic E-state index is 0.0894. The van der Waals surface area contributed by atoms with Crippen molar-refractivity contribution >= 4 is 21.6 Å². The van der Waals surface area contributed by atoms with Crippen LogP contribution in [0.25, 0.3) is 0 Å². The van der Waals surface area contributed by atoms with Gasteiger partial charge in [-0.2, -0.15) is 0 Å². The van der Waals surface area contributed by atoms with Crippen LogP contribution >= 0.6 is 11.6 Å². The Balaban J connectivity index is 2.19. The molecule has 0 saturated heterocycles. The van der Waals surface area contributed by atoms with Gasteiger partial charge in [0.15, 0.2) is 0 Å². The number of likely N-dealkylation sites (N-methyl/N-ethyl adjacent to an activating group) is 1. The minimum Gasteiger partial charge on any atom is -0.495 e. The van der Waals surface area contributed by atoms with Crippen LogP contribution in [-0.2, 0) is 17.1 Å². The van der Waals surface area contributed by atoms with Gasteiger partial charge in [0.25, 0.3) is 0 Å². The van der Waals surface area contributed by atoms with Crippen molar-refractivity contribution in [3.8, 4) is 5.75 Å². The van der Waals surface area contributed by atoms with Gasteiger partial charge in [-0.3, -0.25) is 4.90 Å². The molecule has 0 bridgehead atoms. The molecule has 1 aromatic heterocycles. The Hall–Kier alpha value is -1.54. The molecule has 0 amide bonds. The van der Waals surface area contributed by atoms with E-state index in [9.17, 15) is 8.42 Å². The fourth-order valence-corrected chi connectivity index (χ4v) is 3.84. The Morgan fingerprint density at radius 1 is 1.33 bits per heavy atom. The van der Waals surface area contributed by atoms with E-state index in [-0.39, 0.29) is 22.5 Å². The number of aromatic nitrogens is 1. The second kappa shape index (κ2) is 7.57. The third-order valence-electron chi connectivity index (χ3n) is 3.85. The van der Waals surface area contributed by atoms with E-state index in [2.05, 4.69) is 4.72 Å². The lowest BCUT2D eigenvalue weighted by Crippen LogP contribution is -2.35. The number of sulfonamides is 1. The number of ether oxygens (including phenoxy) is 1. The van der Waals surface area contributed by atoms with Gasteiger partial charge in [0.1, 0.15) is 5.75 Å². The Labute approximate surface area is 148 Å². The van der Waals surface area contributed by atoms with Crippen molar-refractivity contribution in [3.05, 3.63) is 47.2 Å². The molecule has 2 aromatic rings. The number of hydrogen-bond acceptors (Lipinski definition) is 4. The van der Waals surface area contributed by atoms with Crippen molar-refractivity contribution in [2.45, 2.75) is 10.9 Å². The maximum absolute atomic E-state index is 12.5. The van der Waals surface area contributed by atoms with Crippen LogP contribution in [-0.4, -0.2) is 45.6 Å². The molecule has 0 fully saturated rings. The zero-order valence-corrected chi connectivity index (χ0v) is 15.7. The lowest BCUT2D eigenvalue weighted by molar-refractivity contribution is 0.289. The van der Waals surface area contributed by atoms with Gasteiger partial charge in [-0.1, -0.05) is 11.6 Å². The molecule has 0 radical (unpaired) electrons. The number of benzene rings is 1. The molecular weight excluding hydrogens is 350 g/mol. The van der Waals surface area contributed by atoms with Gasteiger partial charge >= 0.3 is 0 Å². The number of methoxy groups -OCH3 is 1. The van der Waals surface area contributed by atoms with Crippen molar-refractivity contribution in [3.63, 3.8) is 0 Å². The molecule has 1 unspecified atom stereocenters. The zero-order valence-electron chi connectivity index (χ0n) is 14.2. The summed E-state index contributed by atoms with van der Waals surface area (Å²) >= 11 is 6.02. The van der Waals surface area contributed by atoms with E-state index in [0.717, 1.165) is 5.69 Å². The Morgan fingerprint density at radius 2 is 2.04 bits per heavy atom. The fourth-order valence-electron chi connectivity index (χ4n) is 2.46. The first kappa shape index (κ1) is 18.8. The third-order valence-corrected chi connectivity index (χ3v) is 5.57. The summed E-state index contributed by atoms with van der Waals surface area (Å²) in [5.41, 5.74) is 1.02. The van der Waals surface area contributed by atoms with Crippen LogP contribution in [0.5, 0.6) is 5.75 Å². The topological polar surface area (TPSA) is 63.6 Å². The molecule has 0 aliphatic carbocycles. The maximum Gasteiger partial charge on any atom is 0.240 e. The van der Waals surface area contributed by atoms with Gasteiger partial charge in [-0.05, 0) is 44.4 Å². The van der Waals surface area contributed by atoms with Gasteiger partial charge in [-0.25, -0.2) is 13.1 Å². The molecule has 1 atom stereocenters. The zero-order chi connectivity index (χ0) is 17.9. The van der Waals surface area contributed by atoms with Crippen LogP contribution in [0.15, 0.2) is 41.4 Å². The van der Waals surface area contributed by atoms with Crippen molar-refractivity contribution in [1.82, 2.24) is 14.2 Å². The minimum atomic E-state index is -3.67. The summed E-state index contributed by atoms with van der Waals surface area (Å²) in [4.78, 5) is 2.08. The molecule has 132 valence electrons. The van der Waals surface area contributed by atoms with Crippen LogP contribution in [0.3, 0.4) is 0 Å². The van der Waals surface area contributed by atoms with Crippen molar-refractivity contribution < 1.29 is 13.2 Å². The van der Waals surface area contributed by atoms with E-state index in [1.807, 2.05) is 48.9 Å². The molecule has 24 heavy (non-hydrogen) atoms. The number of aryl methyl sites for hydroxylation is 1. The predicted octanol–water partition coefficient (Wildman–Crippen LogP) is 2.27. The molecule has 1 aromatic carbocycles. The van der Waals surface area contributed by atoms with E-state index in [0.29, 0.717) is 5.75 Å². The molecule has 1 N–H and O–H groups in total. The summed E-state index contributed by atoms with van der Waals surface area (Å²) in [6.07, 6.45) is 1.93. The molecule has 0 saturated carbocycles. The van der Waals surface area contributed by atoms with Crippen LogP contribution in [0.2, 0.25) is 5.02 Å². The molecule has 0 spiro atoms.